The van der Waals surface area contributed by atoms with Gasteiger partial charge < -0.3 is 15.0 Å². The highest BCUT2D eigenvalue weighted by Crippen LogP contribution is 2.39. The molecule has 0 amide bonds. The third kappa shape index (κ3) is 2.45. The summed E-state index contributed by atoms with van der Waals surface area (Å²) >= 11 is 0. The number of hydrogen-bond donors (Lipinski definition) is 1. The lowest BCUT2D eigenvalue weighted by molar-refractivity contribution is 0.00578. The van der Waals surface area contributed by atoms with Gasteiger partial charge in [0.1, 0.15) is 0 Å². The maximum Gasteiger partial charge on any atom is 0.480 e. The van der Waals surface area contributed by atoms with Gasteiger partial charge >= 0.3 is 7.12 Å². The molecule has 0 aromatic heterocycles. The van der Waals surface area contributed by atoms with Crippen LogP contribution in [-0.4, -0.2) is 18.3 Å². The molecule has 0 spiro atoms. The van der Waals surface area contributed by atoms with Crippen LogP contribution in [-0.2, 0) is 9.31 Å². The van der Waals surface area contributed by atoms with E-state index in [4.69, 9.17) is 15.0 Å². The van der Waals surface area contributed by atoms with Gasteiger partial charge in [-0.05, 0) is 58.2 Å². The standard InChI is InChI=1S/C15H24BNO2/c1-10-8-7-9-12(11(10)2)13(17)16-18-14(3,4)15(5,6)19-16/h7-9,13H,17H2,1-6H3/t13-/m0/s1. The summed E-state index contributed by atoms with van der Waals surface area (Å²) < 4.78 is 12.1. The molecule has 3 nitrogen and oxygen atoms in total. The average Bonchev–Trinajstić information content (AvgIpc) is 2.51. The molecule has 1 fully saturated rings. The van der Waals surface area contributed by atoms with Crippen LogP contribution in [0.15, 0.2) is 18.2 Å². The normalized spacial score (nSPS) is 22.6. The van der Waals surface area contributed by atoms with Crippen LogP contribution in [0.2, 0.25) is 0 Å². The van der Waals surface area contributed by atoms with E-state index in [0.717, 1.165) is 5.56 Å². The van der Waals surface area contributed by atoms with Gasteiger partial charge in [0.15, 0.2) is 0 Å². The predicted octanol–water partition coefficient (Wildman–Crippen LogP) is 2.93. The van der Waals surface area contributed by atoms with Crippen LogP contribution in [0.25, 0.3) is 0 Å². The lowest BCUT2D eigenvalue weighted by Gasteiger charge is -2.32. The number of aryl methyl sites for hydroxylation is 1. The molecule has 1 aromatic rings. The predicted molar refractivity (Wildman–Crippen MR) is 78.9 cm³/mol. The fourth-order valence-corrected chi connectivity index (χ4v) is 2.32. The van der Waals surface area contributed by atoms with E-state index in [9.17, 15) is 0 Å². The van der Waals surface area contributed by atoms with Crippen LogP contribution in [0, 0.1) is 13.8 Å². The molecule has 19 heavy (non-hydrogen) atoms. The van der Waals surface area contributed by atoms with Crippen LogP contribution < -0.4 is 5.73 Å². The summed E-state index contributed by atoms with van der Waals surface area (Å²) in [6.07, 6.45) is 0. The lowest BCUT2D eigenvalue weighted by atomic mass is 9.73. The van der Waals surface area contributed by atoms with Crippen molar-refractivity contribution in [1.29, 1.82) is 0 Å². The minimum atomic E-state index is -0.398. The van der Waals surface area contributed by atoms with Gasteiger partial charge in [0.05, 0.1) is 17.1 Å². The van der Waals surface area contributed by atoms with E-state index in [1.807, 2.05) is 33.8 Å². The van der Waals surface area contributed by atoms with Gasteiger partial charge in [0.2, 0.25) is 0 Å². The van der Waals surface area contributed by atoms with Gasteiger partial charge in [0.25, 0.3) is 0 Å². The first kappa shape index (κ1) is 14.6. The maximum atomic E-state index is 6.36. The fourth-order valence-electron chi connectivity index (χ4n) is 2.32. The van der Waals surface area contributed by atoms with Crippen molar-refractivity contribution in [2.24, 2.45) is 5.73 Å². The average molecular weight is 261 g/mol. The van der Waals surface area contributed by atoms with E-state index in [0.29, 0.717) is 0 Å². The highest BCUT2D eigenvalue weighted by atomic mass is 16.7. The minimum Gasteiger partial charge on any atom is -0.402 e. The molecule has 0 saturated carbocycles. The Morgan fingerprint density at radius 2 is 1.58 bits per heavy atom. The summed E-state index contributed by atoms with van der Waals surface area (Å²) in [7, 11) is -0.398. The van der Waals surface area contributed by atoms with Gasteiger partial charge in [-0.3, -0.25) is 0 Å². The van der Waals surface area contributed by atoms with E-state index >= 15 is 0 Å². The highest BCUT2D eigenvalue weighted by molar-refractivity contribution is 6.47. The topological polar surface area (TPSA) is 44.5 Å². The van der Waals surface area contributed by atoms with Crippen LogP contribution >= 0.6 is 0 Å². The van der Waals surface area contributed by atoms with E-state index in [2.05, 4.69) is 26.0 Å². The van der Waals surface area contributed by atoms with E-state index < -0.39 is 7.12 Å². The first-order chi connectivity index (χ1) is 8.66. The van der Waals surface area contributed by atoms with Crippen molar-refractivity contribution in [3.05, 3.63) is 34.9 Å². The Morgan fingerprint density at radius 3 is 2.11 bits per heavy atom. The molecule has 2 rings (SSSR count). The Labute approximate surface area is 116 Å². The minimum absolute atomic E-state index is 0.263. The largest absolute Gasteiger partial charge is 0.480 e. The van der Waals surface area contributed by atoms with Crippen LogP contribution in [0.1, 0.15) is 50.3 Å². The second kappa shape index (κ2) is 4.62. The van der Waals surface area contributed by atoms with Gasteiger partial charge in [-0.15, -0.1) is 0 Å². The summed E-state index contributed by atoms with van der Waals surface area (Å²) in [4.78, 5) is 0. The summed E-state index contributed by atoms with van der Waals surface area (Å²) in [5.74, 6) is -0.263. The van der Waals surface area contributed by atoms with Crippen molar-refractivity contribution in [2.75, 3.05) is 0 Å². The second-order valence-electron chi connectivity index (χ2n) is 6.44. The van der Waals surface area contributed by atoms with E-state index in [1.54, 1.807) is 0 Å². The van der Waals surface area contributed by atoms with Crippen molar-refractivity contribution >= 4 is 7.12 Å². The Balaban J connectivity index is 2.27. The number of benzene rings is 1. The highest BCUT2D eigenvalue weighted by Gasteiger charge is 2.53. The van der Waals surface area contributed by atoms with E-state index in [1.165, 1.54) is 11.1 Å². The van der Waals surface area contributed by atoms with Crippen molar-refractivity contribution in [1.82, 2.24) is 0 Å². The molecule has 1 aliphatic rings. The molecule has 0 unspecified atom stereocenters. The molecule has 1 heterocycles. The van der Waals surface area contributed by atoms with Crippen LogP contribution in [0.4, 0.5) is 0 Å². The fraction of sp³-hybridized carbons (Fsp3) is 0.600. The zero-order valence-electron chi connectivity index (χ0n) is 12.8. The molecule has 1 aromatic carbocycles. The number of hydrogen-bond acceptors (Lipinski definition) is 3. The monoisotopic (exact) mass is 261 g/mol. The molecule has 0 aliphatic carbocycles. The molecular weight excluding hydrogens is 237 g/mol. The second-order valence-corrected chi connectivity index (χ2v) is 6.44. The van der Waals surface area contributed by atoms with Crippen molar-refractivity contribution < 1.29 is 9.31 Å². The molecule has 104 valence electrons. The van der Waals surface area contributed by atoms with Gasteiger partial charge in [0, 0.05) is 0 Å². The molecule has 2 N–H and O–H groups in total. The van der Waals surface area contributed by atoms with Crippen molar-refractivity contribution in [2.45, 2.75) is 58.7 Å². The van der Waals surface area contributed by atoms with Gasteiger partial charge in [-0.2, -0.15) is 0 Å². The Kier molecular flexibility index (Phi) is 3.54. The summed E-state index contributed by atoms with van der Waals surface area (Å²) in [5.41, 5.74) is 9.23. The van der Waals surface area contributed by atoms with E-state index in [-0.39, 0.29) is 17.1 Å². The SMILES string of the molecule is Cc1cccc([C@H](N)B2OC(C)(C)C(C)(C)O2)c1C. The quantitative estimate of drug-likeness (QED) is 0.832. The molecule has 1 atom stereocenters. The maximum absolute atomic E-state index is 6.36. The third-order valence-corrected chi connectivity index (χ3v) is 4.57. The van der Waals surface area contributed by atoms with Crippen LogP contribution in [0.5, 0.6) is 0 Å². The zero-order chi connectivity index (χ0) is 14.4. The smallest absolute Gasteiger partial charge is 0.402 e. The molecule has 0 radical (unpaired) electrons. The van der Waals surface area contributed by atoms with Crippen LogP contribution in [0.3, 0.4) is 0 Å². The molecular formula is C15H24BNO2. The van der Waals surface area contributed by atoms with Crippen molar-refractivity contribution in [3.8, 4) is 0 Å². The zero-order valence-corrected chi connectivity index (χ0v) is 12.8. The molecule has 4 heteroatoms. The summed E-state index contributed by atoms with van der Waals surface area (Å²) in [6, 6.07) is 6.18. The van der Waals surface area contributed by atoms with Crippen molar-refractivity contribution in [3.63, 3.8) is 0 Å². The molecule has 1 aliphatic heterocycles. The summed E-state index contributed by atoms with van der Waals surface area (Å²) in [6.45, 7) is 12.4. The summed E-state index contributed by atoms with van der Waals surface area (Å²) in [5, 5.41) is 0. The van der Waals surface area contributed by atoms with Gasteiger partial charge in [-0.1, -0.05) is 18.2 Å². The lowest BCUT2D eigenvalue weighted by Crippen LogP contribution is -2.41. The number of nitrogens with two attached hydrogens (primary N) is 1. The molecule has 1 saturated heterocycles. The first-order valence-electron chi connectivity index (χ1n) is 6.83. The molecule has 0 bridgehead atoms. The third-order valence-electron chi connectivity index (χ3n) is 4.57. The first-order valence-corrected chi connectivity index (χ1v) is 6.83. The Morgan fingerprint density at radius 1 is 1.05 bits per heavy atom. The Hall–Kier alpha value is -0.835. The van der Waals surface area contributed by atoms with Gasteiger partial charge in [-0.25, -0.2) is 0 Å². The number of rotatable bonds is 2. The Bertz CT molecular complexity index is 469.